The van der Waals surface area contributed by atoms with Gasteiger partial charge in [-0.2, -0.15) is 11.8 Å². The van der Waals surface area contributed by atoms with Crippen molar-refractivity contribution in [1.82, 2.24) is 5.32 Å². The number of hydrogen-bond acceptors (Lipinski definition) is 3. The molecule has 3 heteroatoms. The molecule has 1 fully saturated rings. The summed E-state index contributed by atoms with van der Waals surface area (Å²) in [6.45, 7) is 3.33. The molecular weight excluding hydrogens is 242 g/mol. The molecule has 1 saturated carbocycles. The van der Waals surface area contributed by atoms with Gasteiger partial charge in [-0.05, 0) is 37.9 Å². The van der Waals surface area contributed by atoms with Crippen LogP contribution in [0.15, 0.2) is 22.8 Å². The maximum atomic E-state index is 5.47. The summed E-state index contributed by atoms with van der Waals surface area (Å²) >= 11 is 2.16. The predicted octanol–water partition coefficient (Wildman–Crippen LogP) is 3.87. The number of rotatable bonds is 8. The Balaban J connectivity index is 1.76. The smallest absolute Gasteiger partial charge is 0.105 e. The molecule has 0 aromatic carbocycles. The number of hydrogen-bond donors (Lipinski definition) is 1. The highest BCUT2D eigenvalue weighted by Crippen LogP contribution is 2.30. The van der Waals surface area contributed by atoms with Gasteiger partial charge in [0.25, 0.3) is 0 Å². The summed E-state index contributed by atoms with van der Waals surface area (Å²) in [4.78, 5) is 0. The molecule has 2 nitrogen and oxygen atoms in total. The Labute approximate surface area is 115 Å². The molecule has 1 unspecified atom stereocenters. The Morgan fingerprint density at radius 2 is 2.28 bits per heavy atom. The third kappa shape index (κ3) is 4.69. The van der Waals surface area contributed by atoms with Crippen molar-refractivity contribution < 1.29 is 4.42 Å². The molecule has 2 rings (SSSR count). The highest BCUT2D eigenvalue weighted by atomic mass is 32.2. The van der Waals surface area contributed by atoms with Crippen molar-refractivity contribution in [3.63, 3.8) is 0 Å². The van der Waals surface area contributed by atoms with Gasteiger partial charge < -0.3 is 9.73 Å². The molecule has 0 saturated heterocycles. The quantitative estimate of drug-likeness (QED) is 0.774. The normalized spacial score (nSPS) is 18.3. The van der Waals surface area contributed by atoms with E-state index in [-0.39, 0.29) is 0 Å². The van der Waals surface area contributed by atoms with E-state index in [1.165, 1.54) is 37.9 Å². The van der Waals surface area contributed by atoms with Gasteiger partial charge in [-0.3, -0.25) is 0 Å². The van der Waals surface area contributed by atoms with Crippen molar-refractivity contribution in [2.45, 2.75) is 56.7 Å². The van der Waals surface area contributed by atoms with Gasteiger partial charge in [0.15, 0.2) is 0 Å². The molecule has 18 heavy (non-hydrogen) atoms. The van der Waals surface area contributed by atoms with E-state index in [4.69, 9.17) is 4.42 Å². The van der Waals surface area contributed by atoms with Gasteiger partial charge in [-0.25, -0.2) is 0 Å². The van der Waals surface area contributed by atoms with Crippen LogP contribution in [0.2, 0.25) is 0 Å². The molecule has 1 aliphatic carbocycles. The summed E-state index contributed by atoms with van der Waals surface area (Å²) in [6, 6.07) is 4.62. The number of furan rings is 1. The van der Waals surface area contributed by atoms with Gasteiger partial charge in [0.2, 0.25) is 0 Å². The maximum absolute atomic E-state index is 5.47. The Kier molecular flexibility index (Phi) is 6.15. The molecule has 1 aromatic heterocycles. The van der Waals surface area contributed by atoms with Gasteiger partial charge in [-0.1, -0.05) is 19.8 Å². The zero-order chi connectivity index (χ0) is 12.6. The summed E-state index contributed by atoms with van der Waals surface area (Å²) in [5.41, 5.74) is 0. The molecule has 0 aliphatic heterocycles. The lowest BCUT2D eigenvalue weighted by atomic mass is 10.2. The van der Waals surface area contributed by atoms with E-state index in [0.717, 1.165) is 24.0 Å². The van der Waals surface area contributed by atoms with Gasteiger partial charge in [0, 0.05) is 23.5 Å². The summed E-state index contributed by atoms with van der Waals surface area (Å²) in [5.74, 6) is 2.32. The Hall–Kier alpha value is -0.410. The van der Waals surface area contributed by atoms with E-state index in [9.17, 15) is 0 Å². The van der Waals surface area contributed by atoms with Crippen LogP contribution in [-0.4, -0.2) is 23.6 Å². The van der Waals surface area contributed by atoms with E-state index < -0.39 is 0 Å². The van der Waals surface area contributed by atoms with Crippen LogP contribution in [0.4, 0.5) is 0 Å². The summed E-state index contributed by atoms with van der Waals surface area (Å²) in [6.07, 6.45) is 9.70. The van der Waals surface area contributed by atoms with Crippen molar-refractivity contribution in [1.29, 1.82) is 0 Å². The van der Waals surface area contributed by atoms with Gasteiger partial charge in [0.05, 0.1) is 6.26 Å². The fourth-order valence-corrected chi connectivity index (χ4v) is 3.92. The third-order valence-electron chi connectivity index (χ3n) is 3.55. The molecule has 1 aromatic rings. The second kappa shape index (κ2) is 7.90. The van der Waals surface area contributed by atoms with Crippen LogP contribution in [0.3, 0.4) is 0 Å². The molecule has 0 radical (unpaired) electrons. The summed E-state index contributed by atoms with van der Waals surface area (Å²) in [7, 11) is 0. The van der Waals surface area contributed by atoms with E-state index in [1.54, 1.807) is 6.26 Å². The first-order chi connectivity index (χ1) is 8.88. The zero-order valence-electron chi connectivity index (χ0n) is 11.4. The van der Waals surface area contributed by atoms with Crippen molar-refractivity contribution in [3.05, 3.63) is 24.2 Å². The van der Waals surface area contributed by atoms with E-state index in [1.807, 2.05) is 6.07 Å². The monoisotopic (exact) mass is 267 g/mol. The minimum atomic E-state index is 0.557. The fraction of sp³-hybridized carbons (Fsp3) is 0.733. The topological polar surface area (TPSA) is 25.2 Å². The summed E-state index contributed by atoms with van der Waals surface area (Å²) < 4.78 is 5.47. The molecule has 0 bridgehead atoms. The van der Waals surface area contributed by atoms with Crippen molar-refractivity contribution in [2.75, 3.05) is 12.3 Å². The van der Waals surface area contributed by atoms with Crippen LogP contribution in [0, 0.1) is 0 Å². The van der Waals surface area contributed by atoms with E-state index in [0.29, 0.717) is 6.04 Å². The SMILES string of the molecule is CCCNC(CSC1CCCC1)Cc1ccco1. The highest BCUT2D eigenvalue weighted by Gasteiger charge is 2.18. The first-order valence-electron chi connectivity index (χ1n) is 7.26. The third-order valence-corrected chi connectivity index (χ3v) is 5.08. The predicted molar refractivity (Wildman–Crippen MR) is 79.2 cm³/mol. The fourth-order valence-electron chi connectivity index (χ4n) is 2.52. The minimum Gasteiger partial charge on any atom is -0.469 e. The van der Waals surface area contributed by atoms with E-state index >= 15 is 0 Å². The Morgan fingerprint density at radius 3 is 2.94 bits per heavy atom. The molecule has 0 amide bonds. The average Bonchev–Trinajstić information content (AvgIpc) is 3.05. The van der Waals surface area contributed by atoms with Crippen LogP contribution >= 0.6 is 11.8 Å². The molecule has 1 aliphatic rings. The van der Waals surface area contributed by atoms with Crippen molar-refractivity contribution >= 4 is 11.8 Å². The van der Waals surface area contributed by atoms with Gasteiger partial charge >= 0.3 is 0 Å². The molecule has 1 atom stereocenters. The molecule has 1 heterocycles. The van der Waals surface area contributed by atoms with Gasteiger partial charge in [-0.15, -0.1) is 0 Å². The first kappa shape index (κ1) is 14.0. The Bertz CT molecular complexity index is 306. The highest BCUT2D eigenvalue weighted by molar-refractivity contribution is 7.99. The largest absolute Gasteiger partial charge is 0.469 e. The minimum absolute atomic E-state index is 0.557. The van der Waals surface area contributed by atoms with Crippen LogP contribution in [0.5, 0.6) is 0 Å². The maximum Gasteiger partial charge on any atom is 0.105 e. The zero-order valence-corrected chi connectivity index (χ0v) is 12.2. The average molecular weight is 267 g/mol. The number of nitrogens with one attached hydrogen (secondary N) is 1. The lowest BCUT2D eigenvalue weighted by Crippen LogP contribution is -2.34. The van der Waals surface area contributed by atoms with Crippen LogP contribution < -0.4 is 5.32 Å². The van der Waals surface area contributed by atoms with Crippen molar-refractivity contribution in [2.24, 2.45) is 0 Å². The lowest BCUT2D eigenvalue weighted by molar-refractivity contribution is 0.460. The standard InChI is InChI=1S/C15H25NOS/c1-2-9-16-13(11-14-6-5-10-17-14)12-18-15-7-3-4-8-15/h5-6,10,13,15-16H,2-4,7-9,11-12H2,1H3. The summed E-state index contributed by atoms with van der Waals surface area (Å²) in [5, 5.41) is 4.56. The second-order valence-electron chi connectivity index (χ2n) is 5.17. The van der Waals surface area contributed by atoms with Crippen molar-refractivity contribution in [3.8, 4) is 0 Å². The van der Waals surface area contributed by atoms with Gasteiger partial charge in [0.1, 0.15) is 5.76 Å². The van der Waals surface area contributed by atoms with Crippen LogP contribution in [-0.2, 0) is 6.42 Å². The number of thioether (sulfide) groups is 1. The van der Waals surface area contributed by atoms with E-state index in [2.05, 4.69) is 30.1 Å². The lowest BCUT2D eigenvalue weighted by Gasteiger charge is -2.19. The molecular formula is C15H25NOS. The first-order valence-corrected chi connectivity index (χ1v) is 8.30. The Morgan fingerprint density at radius 1 is 1.44 bits per heavy atom. The second-order valence-corrected chi connectivity index (χ2v) is 6.51. The van der Waals surface area contributed by atoms with Crippen LogP contribution in [0.25, 0.3) is 0 Å². The molecule has 1 N–H and O–H groups in total. The van der Waals surface area contributed by atoms with Crippen LogP contribution in [0.1, 0.15) is 44.8 Å². The molecule has 102 valence electrons. The molecule has 0 spiro atoms.